The van der Waals surface area contributed by atoms with Gasteiger partial charge in [-0.25, -0.2) is 5.43 Å². The smallest absolute Gasteiger partial charge is 0.326 e. The number of aromatic nitrogens is 1. The Morgan fingerprint density at radius 1 is 1.15 bits per heavy atom. The predicted molar refractivity (Wildman–Crippen MR) is 89.5 cm³/mol. The van der Waals surface area contributed by atoms with Gasteiger partial charge in [0.1, 0.15) is 5.69 Å². The molecule has 1 aromatic carbocycles. The van der Waals surface area contributed by atoms with Crippen molar-refractivity contribution in [2.24, 2.45) is 5.10 Å². The highest BCUT2D eigenvalue weighted by molar-refractivity contribution is 6.06. The number of alkyl halides is 3. The first-order valence-electron chi connectivity index (χ1n) is 7.47. The Morgan fingerprint density at radius 2 is 1.92 bits per heavy atom. The molecule has 2 rings (SSSR count). The van der Waals surface area contributed by atoms with Gasteiger partial charge in [0.15, 0.2) is 0 Å². The fourth-order valence-electron chi connectivity index (χ4n) is 1.95. The van der Waals surface area contributed by atoms with Gasteiger partial charge in [0.05, 0.1) is 12.0 Å². The highest BCUT2D eigenvalue weighted by atomic mass is 19.4. The minimum absolute atomic E-state index is 0.0233. The maximum absolute atomic E-state index is 12.7. The summed E-state index contributed by atoms with van der Waals surface area (Å²) < 4.78 is 38.0. The van der Waals surface area contributed by atoms with Crippen molar-refractivity contribution in [2.75, 3.05) is 5.32 Å². The van der Waals surface area contributed by atoms with E-state index in [1.54, 1.807) is 12.1 Å². The second-order valence-corrected chi connectivity index (χ2v) is 5.31. The van der Waals surface area contributed by atoms with E-state index < -0.39 is 23.6 Å². The van der Waals surface area contributed by atoms with Crippen molar-refractivity contribution in [1.29, 1.82) is 0 Å². The molecule has 0 saturated heterocycles. The van der Waals surface area contributed by atoms with Crippen LogP contribution in [0.2, 0.25) is 0 Å². The Labute approximate surface area is 147 Å². The second-order valence-electron chi connectivity index (χ2n) is 5.31. The molecule has 0 aliphatic carbocycles. The molecule has 0 bridgehead atoms. The number of benzene rings is 1. The maximum Gasteiger partial charge on any atom is 0.416 e. The summed E-state index contributed by atoms with van der Waals surface area (Å²) in [7, 11) is 0. The van der Waals surface area contributed by atoms with E-state index in [0.717, 1.165) is 12.1 Å². The van der Waals surface area contributed by atoms with Crippen molar-refractivity contribution >= 4 is 23.2 Å². The molecule has 9 heteroatoms. The van der Waals surface area contributed by atoms with E-state index in [0.29, 0.717) is 0 Å². The summed E-state index contributed by atoms with van der Waals surface area (Å²) in [5, 5.41) is 6.13. The molecule has 0 aliphatic rings. The van der Waals surface area contributed by atoms with Crippen molar-refractivity contribution in [3.63, 3.8) is 0 Å². The summed E-state index contributed by atoms with van der Waals surface area (Å²) in [4.78, 5) is 27.5. The van der Waals surface area contributed by atoms with Gasteiger partial charge in [-0.3, -0.25) is 14.6 Å². The van der Waals surface area contributed by atoms with Crippen LogP contribution in [0.4, 0.5) is 18.9 Å². The van der Waals surface area contributed by atoms with E-state index in [2.05, 4.69) is 20.8 Å². The lowest BCUT2D eigenvalue weighted by atomic mass is 10.2. The van der Waals surface area contributed by atoms with Crippen LogP contribution in [-0.2, 0) is 11.0 Å². The molecule has 6 nitrogen and oxygen atoms in total. The average molecular weight is 364 g/mol. The molecule has 0 atom stereocenters. The number of amides is 2. The van der Waals surface area contributed by atoms with Gasteiger partial charge in [-0.1, -0.05) is 12.1 Å². The minimum atomic E-state index is -4.49. The zero-order chi connectivity index (χ0) is 19.2. The van der Waals surface area contributed by atoms with Gasteiger partial charge >= 0.3 is 6.18 Å². The van der Waals surface area contributed by atoms with Gasteiger partial charge in [0.2, 0.25) is 5.91 Å². The maximum atomic E-state index is 12.7. The van der Waals surface area contributed by atoms with Crippen molar-refractivity contribution in [2.45, 2.75) is 19.5 Å². The highest BCUT2D eigenvalue weighted by Crippen LogP contribution is 2.30. The Kier molecular flexibility index (Phi) is 6.05. The minimum Gasteiger partial charge on any atom is -0.326 e. The lowest BCUT2D eigenvalue weighted by Crippen LogP contribution is -2.22. The van der Waals surface area contributed by atoms with E-state index >= 15 is 0 Å². The third kappa shape index (κ3) is 5.69. The molecule has 0 aliphatic heterocycles. The molecule has 1 heterocycles. The third-order valence-corrected chi connectivity index (χ3v) is 3.14. The van der Waals surface area contributed by atoms with E-state index in [4.69, 9.17) is 0 Å². The Bertz CT molecular complexity index is 820. The van der Waals surface area contributed by atoms with E-state index in [-0.39, 0.29) is 23.5 Å². The number of halogens is 3. The van der Waals surface area contributed by atoms with E-state index in [1.807, 2.05) is 0 Å². The first-order valence-corrected chi connectivity index (χ1v) is 7.47. The molecule has 0 unspecified atom stereocenters. The molecule has 2 aromatic rings. The van der Waals surface area contributed by atoms with Crippen LogP contribution in [0, 0.1) is 0 Å². The molecular weight excluding hydrogens is 349 g/mol. The SMILES string of the molecule is C/C(CC(=O)Nc1cccc(C(F)(F)F)c1)=N\NC(=O)c1ccccn1. The van der Waals surface area contributed by atoms with Crippen LogP contribution >= 0.6 is 0 Å². The van der Waals surface area contributed by atoms with Gasteiger partial charge in [-0.2, -0.15) is 18.3 Å². The average Bonchev–Trinajstić information content (AvgIpc) is 2.60. The van der Waals surface area contributed by atoms with Crippen molar-refractivity contribution in [1.82, 2.24) is 10.4 Å². The number of pyridine rings is 1. The number of hydrogen-bond donors (Lipinski definition) is 2. The normalized spacial score (nSPS) is 11.8. The summed E-state index contributed by atoms with van der Waals surface area (Å²) >= 11 is 0. The Balaban J connectivity index is 1.92. The molecule has 0 fully saturated rings. The number of carbonyl (C=O) groups excluding carboxylic acids is 2. The number of rotatable bonds is 5. The predicted octanol–water partition coefficient (Wildman–Crippen LogP) is 3.23. The Hall–Kier alpha value is -3.23. The quantitative estimate of drug-likeness (QED) is 0.631. The molecule has 0 radical (unpaired) electrons. The summed E-state index contributed by atoms with van der Waals surface area (Å²) in [5.41, 5.74) is 1.86. The van der Waals surface area contributed by atoms with E-state index in [1.165, 1.54) is 31.3 Å². The van der Waals surface area contributed by atoms with Gasteiger partial charge in [-0.05, 0) is 37.3 Å². The molecule has 0 saturated carbocycles. The topological polar surface area (TPSA) is 83.5 Å². The lowest BCUT2D eigenvalue weighted by molar-refractivity contribution is -0.137. The van der Waals surface area contributed by atoms with E-state index in [9.17, 15) is 22.8 Å². The van der Waals surface area contributed by atoms with Crippen LogP contribution in [0.3, 0.4) is 0 Å². The molecule has 1 aromatic heterocycles. The number of carbonyl (C=O) groups is 2. The Morgan fingerprint density at radius 3 is 2.58 bits per heavy atom. The number of hydrazone groups is 1. The van der Waals surface area contributed by atoms with Crippen LogP contribution in [0.25, 0.3) is 0 Å². The zero-order valence-corrected chi connectivity index (χ0v) is 13.7. The monoisotopic (exact) mass is 364 g/mol. The largest absolute Gasteiger partial charge is 0.416 e. The third-order valence-electron chi connectivity index (χ3n) is 3.14. The summed E-state index contributed by atoms with van der Waals surface area (Å²) in [5.74, 6) is -1.10. The van der Waals surface area contributed by atoms with Gasteiger partial charge in [0, 0.05) is 17.6 Å². The van der Waals surface area contributed by atoms with Crippen LogP contribution < -0.4 is 10.7 Å². The highest BCUT2D eigenvalue weighted by Gasteiger charge is 2.30. The fraction of sp³-hybridized carbons (Fsp3) is 0.176. The summed E-state index contributed by atoms with van der Waals surface area (Å²) in [6, 6.07) is 9.10. The fourth-order valence-corrected chi connectivity index (χ4v) is 1.95. The molecule has 26 heavy (non-hydrogen) atoms. The molecule has 136 valence electrons. The number of nitrogens with zero attached hydrogens (tertiary/aromatic N) is 2. The second kappa shape index (κ2) is 8.24. The van der Waals surface area contributed by atoms with Crippen molar-refractivity contribution < 1.29 is 22.8 Å². The van der Waals surface area contributed by atoms with Crippen molar-refractivity contribution in [3.8, 4) is 0 Å². The van der Waals surface area contributed by atoms with Crippen LogP contribution in [0.15, 0.2) is 53.8 Å². The number of nitrogens with one attached hydrogen (secondary N) is 2. The van der Waals surface area contributed by atoms with Crippen LogP contribution in [-0.4, -0.2) is 22.5 Å². The molecule has 2 N–H and O–H groups in total. The first kappa shape index (κ1) is 19.1. The number of hydrogen-bond acceptors (Lipinski definition) is 4. The summed E-state index contributed by atoms with van der Waals surface area (Å²) in [6.07, 6.45) is -3.24. The van der Waals surface area contributed by atoms with Gasteiger partial charge < -0.3 is 5.32 Å². The lowest BCUT2D eigenvalue weighted by Gasteiger charge is -2.10. The first-order chi connectivity index (χ1) is 12.3. The van der Waals surface area contributed by atoms with Crippen molar-refractivity contribution in [3.05, 3.63) is 59.9 Å². The van der Waals surface area contributed by atoms with Gasteiger partial charge in [0.25, 0.3) is 5.91 Å². The molecular formula is C17H15F3N4O2. The zero-order valence-electron chi connectivity index (χ0n) is 13.7. The standard InChI is InChI=1S/C17H15F3N4O2/c1-11(23-24-16(26)14-7-2-3-8-21-14)9-15(25)22-13-6-4-5-12(10-13)17(18,19)20/h2-8,10H,9H2,1H3,(H,22,25)(H,24,26)/b23-11+. The summed E-state index contributed by atoms with van der Waals surface area (Å²) in [6.45, 7) is 1.50. The molecule has 2 amide bonds. The van der Waals surface area contributed by atoms with Gasteiger partial charge in [-0.15, -0.1) is 0 Å². The van der Waals surface area contributed by atoms with Crippen LogP contribution in [0.5, 0.6) is 0 Å². The van der Waals surface area contributed by atoms with Crippen LogP contribution in [0.1, 0.15) is 29.4 Å². The molecule has 0 spiro atoms. The number of anilines is 1.